The van der Waals surface area contributed by atoms with Crippen molar-refractivity contribution in [3.8, 4) is 0 Å². The Morgan fingerprint density at radius 1 is 1.38 bits per heavy atom. The van der Waals surface area contributed by atoms with Crippen LogP contribution in [0.1, 0.15) is 10.6 Å². The molecule has 0 bridgehead atoms. The number of nitrogens with zero attached hydrogens (tertiary/aromatic N) is 3. The Bertz CT molecular complexity index is 454. The van der Waals surface area contributed by atoms with Gasteiger partial charge in [-0.3, -0.25) is 0 Å². The van der Waals surface area contributed by atoms with Gasteiger partial charge < -0.3 is 11.1 Å². The SMILES string of the molecule is Cc1c(N)ncnc1NCCc1nccs1. The van der Waals surface area contributed by atoms with Gasteiger partial charge in [-0.25, -0.2) is 15.0 Å². The van der Waals surface area contributed by atoms with Crippen molar-refractivity contribution in [2.24, 2.45) is 0 Å². The molecule has 6 heteroatoms. The zero-order chi connectivity index (χ0) is 11.4. The van der Waals surface area contributed by atoms with E-state index in [2.05, 4.69) is 20.3 Å². The average Bonchev–Trinajstić information content (AvgIpc) is 2.77. The molecule has 0 saturated carbocycles. The highest BCUT2D eigenvalue weighted by Gasteiger charge is 2.03. The van der Waals surface area contributed by atoms with Gasteiger partial charge in [-0.2, -0.15) is 0 Å². The summed E-state index contributed by atoms with van der Waals surface area (Å²) in [6.45, 7) is 2.70. The molecule has 0 aliphatic carbocycles. The molecule has 0 radical (unpaired) electrons. The molecule has 0 aliphatic heterocycles. The minimum Gasteiger partial charge on any atom is -0.383 e. The van der Waals surface area contributed by atoms with E-state index in [1.165, 1.54) is 6.33 Å². The Morgan fingerprint density at radius 2 is 2.25 bits per heavy atom. The molecule has 2 heterocycles. The predicted octanol–water partition coefficient (Wildman–Crippen LogP) is 1.48. The first-order valence-corrected chi connectivity index (χ1v) is 5.84. The molecule has 0 aliphatic rings. The summed E-state index contributed by atoms with van der Waals surface area (Å²) in [6.07, 6.45) is 4.17. The van der Waals surface area contributed by atoms with Crippen molar-refractivity contribution in [1.82, 2.24) is 15.0 Å². The van der Waals surface area contributed by atoms with Crippen LogP contribution in [0.15, 0.2) is 17.9 Å². The highest BCUT2D eigenvalue weighted by molar-refractivity contribution is 7.09. The maximum Gasteiger partial charge on any atom is 0.134 e. The number of hydrogen-bond donors (Lipinski definition) is 2. The lowest BCUT2D eigenvalue weighted by Gasteiger charge is -2.08. The van der Waals surface area contributed by atoms with Crippen LogP contribution in [0, 0.1) is 6.92 Å². The van der Waals surface area contributed by atoms with Crippen LogP contribution < -0.4 is 11.1 Å². The van der Waals surface area contributed by atoms with E-state index in [9.17, 15) is 0 Å². The maximum absolute atomic E-state index is 5.69. The molecule has 0 spiro atoms. The van der Waals surface area contributed by atoms with Gasteiger partial charge in [-0.15, -0.1) is 11.3 Å². The van der Waals surface area contributed by atoms with E-state index in [4.69, 9.17) is 5.73 Å². The fraction of sp³-hybridized carbons (Fsp3) is 0.300. The molecule has 0 atom stereocenters. The number of nitrogens with one attached hydrogen (secondary N) is 1. The molecule has 5 nitrogen and oxygen atoms in total. The molecule has 2 aromatic heterocycles. The van der Waals surface area contributed by atoms with Gasteiger partial charge >= 0.3 is 0 Å². The molecule has 2 rings (SSSR count). The number of nitrogens with two attached hydrogens (primary N) is 1. The first-order valence-electron chi connectivity index (χ1n) is 4.96. The number of thiazole rings is 1. The quantitative estimate of drug-likeness (QED) is 0.839. The second-order valence-electron chi connectivity index (χ2n) is 3.34. The van der Waals surface area contributed by atoms with Gasteiger partial charge in [-0.1, -0.05) is 0 Å². The summed E-state index contributed by atoms with van der Waals surface area (Å²) in [5.41, 5.74) is 6.58. The first-order chi connectivity index (χ1) is 7.77. The molecule has 0 saturated heterocycles. The van der Waals surface area contributed by atoms with Crippen LogP contribution in [0.2, 0.25) is 0 Å². The Kier molecular flexibility index (Phi) is 3.31. The van der Waals surface area contributed by atoms with Crippen LogP contribution in [0.4, 0.5) is 11.6 Å². The van der Waals surface area contributed by atoms with Crippen LogP contribution in [-0.4, -0.2) is 21.5 Å². The molecule has 0 unspecified atom stereocenters. The zero-order valence-corrected chi connectivity index (χ0v) is 9.79. The van der Waals surface area contributed by atoms with Gasteiger partial charge in [-0.05, 0) is 6.92 Å². The molecular formula is C10H13N5S. The number of hydrogen-bond acceptors (Lipinski definition) is 6. The summed E-state index contributed by atoms with van der Waals surface area (Å²) in [5.74, 6) is 1.32. The van der Waals surface area contributed by atoms with Crippen LogP contribution in [0.25, 0.3) is 0 Å². The van der Waals surface area contributed by atoms with Crippen LogP contribution in [-0.2, 0) is 6.42 Å². The van der Waals surface area contributed by atoms with E-state index in [0.29, 0.717) is 5.82 Å². The van der Waals surface area contributed by atoms with Crippen molar-refractivity contribution < 1.29 is 0 Å². The highest BCUT2D eigenvalue weighted by Crippen LogP contribution is 2.14. The summed E-state index contributed by atoms with van der Waals surface area (Å²) < 4.78 is 0. The van der Waals surface area contributed by atoms with Gasteiger partial charge in [0.2, 0.25) is 0 Å². The Hall–Kier alpha value is -1.69. The van der Waals surface area contributed by atoms with Crippen molar-refractivity contribution >= 4 is 23.0 Å². The molecule has 3 N–H and O–H groups in total. The van der Waals surface area contributed by atoms with Gasteiger partial charge in [0.25, 0.3) is 0 Å². The lowest BCUT2D eigenvalue weighted by atomic mass is 10.3. The van der Waals surface area contributed by atoms with E-state index < -0.39 is 0 Å². The smallest absolute Gasteiger partial charge is 0.134 e. The standard InChI is InChI=1S/C10H13N5S/c1-7-9(11)14-6-15-10(7)13-3-2-8-12-4-5-16-8/h4-6H,2-3H2,1H3,(H3,11,13,14,15). The number of rotatable bonds is 4. The second kappa shape index (κ2) is 4.89. The lowest BCUT2D eigenvalue weighted by molar-refractivity contribution is 0.977. The van der Waals surface area contributed by atoms with E-state index in [1.54, 1.807) is 11.3 Å². The fourth-order valence-corrected chi connectivity index (χ4v) is 1.93. The number of anilines is 2. The largest absolute Gasteiger partial charge is 0.383 e. The minimum atomic E-state index is 0.520. The summed E-state index contributed by atoms with van der Waals surface area (Å²) in [5, 5.41) is 6.32. The topological polar surface area (TPSA) is 76.7 Å². The Morgan fingerprint density at radius 3 is 3.00 bits per heavy atom. The van der Waals surface area contributed by atoms with Crippen molar-refractivity contribution in [1.29, 1.82) is 0 Å². The zero-order valence-electron chi connectivity index (χ0n) is 8.97. The van der Waals surface area contributed by atoms with E-state index in [0.717, 1.165) is 29.4 Å². The monoisotopic (exact) mass is 235 g/mol. The van der Waals surface area contributed by atoms with E-state index in [1.807, 2.05) is 18.5 Å². The third-order valence-corrected chi connectivity index (χ3v) is 3.08. The van der Waals surface area contributed by atoms with Crippen LogP contribution >= 0.6 is 11.3 Å². The molecule has 16 heavy (non-hydrogen) atoms. The van der Waals surface area contributed by atoms with Gasteiger partial charge in [0, 0.05) is 30.1 Å². The third-order valence-electron chi connectivity index (χ3n) is 2.24. The van der Waals surface area contributed by atoms with Crippen molar-refractivity contribution in [2.75, 3.05) is 17.6 Å². The molecule has 2 aromatic rings. The van der Waals surface area contributed by atoms with Gasteiger partial charge in [0.15, 0.2) is 0 Å². The Labute approximate surface area is 97.8 Å². The molecule has 0 aromatic carbocycles. The molecular weight excluding hydrogens is 222 g/mol. The van der Waals surface area contributed by atoms with Gasteiger partial charge in [0.05, 0.1) is 5.01 Å². The maximum atomic E-state index is 5.69. The van der Waals surface area contributed by atoms with Gasteiger partial charge in [0.1, 0.15) is 18.0 Å². The summed E-state index contributed by atoms with van der Waals surface area (Å²) in [6, 6.07) is 0. The lowest BCUT2D eigenvalue weighted by Crippen LogP contribution is -2.09. The normalized spacial score (nSPS) is 10.3. The Balaban J connectivity index is 1.92. The second-order valence-corrected chi connectivity index (χ2v) is 4.31. The number of aromatic nitrogens is 3. The molecule has 0 fully saturated rings. The molecule has 0 amide bonds. The van der Waals surface area contributed by atoms with E-state index in [-0.39, 0.29) is 0 Å². The van der Waals surface area contributed by atoms with Crippen LogP contribution in [0.5, 0.6) is 0 Å². The summed E-state index contributed by atoms with van der Waals surface area (Å²) in [7, 11) is 0. The third kappa shape index (κ3) is 2.46. The average molecular weight is 235 g/mol. The first kappa shape index (κ1) is 10.8. The fourth-order valence-electron chi connectivity index (χ4n) is 1.31. The molecule has 84 valence electrons. The van der Waals surface area contributed by atoms with Crippen molar-refractivity contribution in [2.45, 2.75) is 13.3 Å². The highest BCUT2D eigenvalue weighted by atomic mass is 32.1. The summed E-state index contributed by atoms with van der Waals surface area (Å²) >= 11 is 1.66. The summed E-state index contributed by atoms with van der Waals surface area (Å²) in [4.78, 5) is 12.3. The van der Waals surface area contributed by atoms with Crippen molar-refractivity contribution in [3.63, 3.8) is 0 Å². The predicted molar refractivity (Wildman–Crippen MR) is 65.5 cm³/mol. The van der Waals surface area contributed by atoms with Crippen LogP contribution in [0.3, 0.4) is 0 Å². The van der Waals surface area contributed by atoms with Crippen molar-refractivity contribution in [3.05, 3.63) is 28.5 Å². The number of nitrogen functional groups attached to an aromatic ring is 1. The van der Waals surface area contributed by atoms with E-state index >= 15 is 0 Å². The minimum absolute atomic E-state index is 0.520.